The molecule has 9 heteroatoms. The summed E-state index contributed by atoms with van der Waals surface area (Å²) < 4.78 is 5.35. The molecule has 1 N–H and O–H groups in total. The van der Waals surface area contributed by atoms with Crippen molar-refractivity contribution in [2.24, 2.45) is 0 Å². The summed E-state index contributed by atoms with van der Waals surface area (Å²) in [5, 5.41) is 3.01. The highest BCUT2D eigenvalue weighted by Crippen LogP contribution is 2.39. The number of piperidine rings is 1. The summed E-state index contributed by atoms with van der Waals surface area (Å²) in [6.45, 7) is 9.47. The minimum absolute atomic E-state index is 0.0242. The van der Waals surface area contributed by atoms with Crippen LogP contribution in [0.1, 0.15) is 33.6 Å². The molecule has 180 valence electrons. The number of nitrogens with one attached hydrogen (secondary N) is 1. The first-order chi connectivity index (χ1) is 15.7. The van der Waals surface area contributed by atoms with E-state index in [4.69, 9.17) is 4.74 Å². The van der Waals surface area contributed by atoms with Crippen LogP contribution in [0.25, 0.3) is 0 Å². The standard InChI is InChI=1S/C24H35N5O4/c1-23(2,3)25-22(32)27-11-9-24(10-12-27)21(31)28(17-20(30)26-13-15-33-16-14-26)18-29(24)19-7-5-4-6-8-19/h4-8H,9-18H2,1-3H3,(H,25,32). The van der Waals surface area contributed by atoms with Gasteiger partial charge in [0.25, 0.3) is 5.91 Å². The number of hydrogen-bond donors (Lipinski definition) is 1. The second-order valence-corrected chi connectivity index (χ2v) is 10.1. The van der Waals surface area contributed by atoms with Gasteiger partial charge in [0.15, 0.2) is 0 Å². The summed E-state index contributed by atoms with van der Waals surface area (Å²) in [4.78, 5) is 46.7. The Labute approximate surface area is 195 Å². The summed E-state index contributed by atoms with van der Waals surface area (Å²) in [7, 11) is 0. The smallest absolute Gasteiger partial charge is 0.317 e. The molecule has 1 spiro atoms. The fourth-order valence-electron chi connectivity index (χ4n) is 4.88. The van der Waals surface area contributed by atoms with Crippen LogP contribution in [-0.2, 0) is 14.3 Å². The zero-order valence-electron chi connectivity index (χ0n) is 19.9. The Hall–Kier alpha value is -2.81. The minimum Gasteiger partial charge on any atom is -0.378 e. The molecule has 3 saturated heterocycles. The Morgan fingerprint density at radius 3 is 2.24 bits per heavy atom. The third-order valence-electron chi connectivity index (χ3n) is 6.63. The number of para-hydroxylation sites is 1. The van der Waals surface area contributed by atoms with Gasteiger partial charge in [-0.2, -0.15) is 0 Å². The zero-order valence-corrected chi connectivity index (χ0v) is 19.9. The van der Waals surface area contributed by atoms with Crippen molar-refractivity contribution < 1.29 is 19.1 Å². The molecular formula is C24H35N5O4. The molecule has 4 amide bonds. The summed E-state index contributed by atoms with van der Waals surface area (Å²) in [6, 6.07) is 9.77. The van der Waals surface area contributed by atoms with Gasteiger partial charge in [-0.15, -0.1) is 0 Å². The molecule has 0 bridgehead atoms. The highest BCUT2D eigenvalue weighted by molar-refractivity contribution is 5.96. The molecule has 9 nitrogen and oxygen atoms in total. The lowest BCUT2D eigenvalue weighted by atomic mass is 9.85. The molecule has 3 aliphatic rings. The van der Waals surface area contributed by atoms with Crippen molar-refractivity contribution in [1.29, 1.82) is 0 Å². The van der Waals surface area contributed by atoms with Crippen molar-refractivity contribution in [1.82, 2.24) is 20.0 Å². The van der Waals surface area contributed by atoms with E-state index in [0.717, 1.165) is 5.69 Å². The second kappa shape index (κ2) is 9.21. The van der Waals surface area contributed by atoms with Gasteiger partial charge in [-0.1, -0.05) is 18.2 Å². The van der Waals surface area contributed by atoms with Crippen LogP contribution in [0, 0.1) is 0 Å². The van der Waals surface area contributed by atoms with Gasteiger partial charge in [-0.25, -0.2) is 4.79 Å². The Balaban J connectivity index is 1.51. The van der Waals surface area contributed by atoms with Gasteiger partial charge in [0, 0.05) is 37.4 Å². The number of carbonyl (C=O) groups excluding carboxylic acids is 3. The quantitative estimate of drug-likeness (QED) is 0.744. The molecule has 4 rings (SSSR count). The first-order valence-corrected chi connectivity index (χ1v) is 11.7. The van der Waals surface area contributed by atoms with Gasteiger partial charge >= 0.3 is 6.03 Å². The Morgan fingerprint density at radius 2 is 1.64 bits per heavy atom. The molecule has 1 aromatic rings. The topological polar surface area (TPSA) is 85.4 Å². The summed E-state index contributed by atoms with van der Waals surface area (Å²) in [6.07, 6.45) is 1.06. The maximum Gasteiger partial charge on any atom is 0.317 e. The number of likely N-dealkylation sites (tertiary alicyclic amines) is 1. The molecule has 3 fully saturated rings. The molecule has 0 aliphatic carbocycles. The summed E-state index contributed by atoms with van der Waals surface area (Å²) >= 11 is 0. The number of urea groups is 1. The molecule has 1 aromatic carbocycles. The van der Waals surface area contributed by atoms with E-state index in [1.165, 1.54) is 0 Å². The second-order valence-electron chi connectivity index (χ2n) is 10.1. The highest BCUT2D eigenvalue weighted by atomic mass is 16.5. The Bertz CT molecular complexity index is 871. The SMILES string of the molecule is CC(C)(C)NC(=O)N1CCC2(CC1)C(=O)N(CC(=O)N1CCOCC1)CN2c1ccccc1. The number of anilines is 1. The van der Waals surface area contributed by atoms with Gasteiger partial charge in [0.05, 0.1) is 19.9 Å². The predicted octanol–water partition coefficient (Wildman–Crippen LogP) is 1.49. The van der Waals surface area contributed by atoms with E-state index in [1.54, 1.807) is 14.7 Å². The van der Waals surface area contributed by atoms with E-state index in [2.05, 4.69) is 10.2 Å². The van der Waals surface area contributed by atoms with Crippen LogP contribution in [0.4, 0.5) is 10.5 Å². The van der Waals surface area contributed by atoms with Crippen molar-refractivity contribution in [2.75, 3.05) is 57.5 Å². The minimum atomic E-state index is -0.745. The van der Waals surface area contributed by atoms with Gasteiger partial charge in [0.2, 0.25) is 5.91 Å². The first-order valence-electron chi connectivity index (χ1n) is 11.7. The number of morpholine rings is 1. The summed E-state index contributed by atoms with van der Waals surface area (Å²) in [5.74, 6) is -0.0671. The third-order valence-corrected chi connectivity index (χ3v) is 6.63. The number of rotatable bonds is 3. The molecular weight excluding hydrogens is 422 g/mol. The molecule has 3 aliphatic heterocycles. The van der Waals surface area contributed by atoms with Crippen molar-refractivity contribution >= 4 is 23.5 Å². The number of carbonyl (C=O) groups is 3. The van der Waals surface area contributed by atoms with Crippen molar-refractivity contribution in [2.45, 2.75) is 44.7 Å². The van der Waals surface area contributed by atoms with Crippen LogP contribution in [0.5, 0.6) is 0 Å². The van der Waals surface area contributed by atoms with Crippen molar-refractivity contribution in [3.8, 4) is 0 Å². The number of nitrogens with zero attached hydrogens (tertiary/aromatic N) is 4. The molecule has 3 heterocycles. The number of amides is 4. The molecule has 0 aromatic heterocycles. The van der Waals surface area contributed by atoms with E-state index in [9.17, 15) is 14.4 Å². The predicted molar refractivity (Wildman–Crippen MR) is 125 cm³/mol. The molecule has 0 saturated carbocycles. The molecule has 0 atom stereocenters. The lowest BCUT2D eigenvalue weighted by Crippen LogP contribution is -2.59. The maximum atomic E-state index is 13.8. The van der Waals surface area contributed by atoms with Crippen LogP contribution in [0.3, 0.4) is 0 Å². The number of ether oxygens (including phenoxy) is 1. The van der Waals surface area contributed by atoms with Crippen LogP contribution < -0.4 is 10.2 Å². The normalized spacial score (nSPS) is 21.0. The maximum absolute atomic E-state index is 13.8. The Morgan fingerprint density at radius 1 is 1.00 bits per heavy atom. The number of hydrogen-bond acceptors (Lipinski definition) is 5. The van der Waals surface area contributed by atoms with Crippen LogP contribution in [0.2, 0.25) is 0 Å². The van der Waals surface area contributed by atoms with E-state index < -0.39 is 5.54 Å². The largest absolute Gasteiger partial charge is 0.378 e. The van der Waals surface area contributed by atoms with E-state index in [0.29, 0.717) is 58.9 Å². The fraction of sp³-hybridized carbons (Fsp3) is 0.625. The average Bonchev–Trinajstić information content (AvgIpc) is 3.05. The van der Waals surface area contributed by atoms with Crippen LogP contribution in [0.15, 0.2) is 30.3 Å². The molecule has 0 radical (unpaired) electrons. The highest BCUT2D eigenvalue weighted by Gasteiger charge is 2.54. The van der Waals surface area contributed by atoms with Gasteiger partial charge in [-0.05, 0) is 45.7 Å². The monoisotopic (exact) mass is 457 g/mol. The number of benzene rings is 1. The molecule has 33 heavy (non-hydrogen) atoms. The summed E-state index contributed by atoms with van der Waals surface area (Å²) in [5.41, 5.74) is -0.104. The van der Waals surface area contributed by atoms with E-state index in [-0.39, 0.29) is 29.9 Å². The van der Waals surface area contributed by atoms with Crippen LogP contribution in [-0.4, -0.2) is 96.2 Å². The average molecular weight is 458 g/mol. The Kier molecular flexibility index (Phi) is 6.52. The molecule has 0 unspecified atom stereocenters. The fourth-order valence-corrected chi connectivity index (χ4v) is 4.88. The third kappa shape index (κ3) is 4.93. The lowest BCUT2D eigenvalue weighted by molar-refractivity contribution is -0.143. The lowest BCUT2D eigenvalue weighted by Gasteiger charge is -2.43. The van der Waals surface area contributed by atoms with Gasteiger partial charge in [-0.3, -0.25) is 9.59 Å². The van der Waals surface area contributed by atoms with E-state index in [1.807, 2.05) is 51.1 Å². The van der Waals surface area contributed by atoms with Crippen molar-refractivity contribution in [3.63, 3.8) is 0 Å². The van der Waals surface area contributed by atoms with E-state index >= 15 is 0 Å². The zero-order chi connectivity index (χ0) is 23.6. The van der Waals surface area contributed by atoms with Gasteiger partial charge < -0.3 is 29.7 Å². The first kappa shape index (κ1) is 23.4. The van der Waals surface area contributed by atoms with Crippen LogP contribution >= 0.6 is 0 Å². The van der Waals surface area contributed by atoms with Gasteiger partial charge in [0.1, 0.15) is 12.1 Å². The van der Waals surface area contributed by atoms with Crippen molar-refractivity contribution in [3.05, 3.63) is 30.3 Å².